The standard InChI is InChI=1S/C22H19Cl2N3O4/c1-14-21(22(30)27(26(14)2)15-7-4-3-5-8-15)25-19(28)13-31-20(29)12-11-16-17(23)9-6-10-18(16)24/h3-12H,13H2,1-2H3,(H,25,28)/b12-11+. The minimum atomic E-state index is -0.752. The number of rotatable bonds is 6. The average molecular weight is 460 g/mol. The van der Waals surface area contributed by atoms with E-state index in [9.17, 15) is 14.4 Å². The quantitative estimate of drug-likeness (QED) is 0.446. The second kappa shape index (κ2) is 9.68. The highest BCUT2D eigenvalue weighted by atomic mass is 35.5. The van der Waals surface area contributed by atoms with Gasteiger partial charge in [0.25, 0.3) is 11.5 Å². The Morgan fingerprint density at radius 2 is 1.71 bits per heavy atom. The van der Waals surface area contributed by atoms with Crippen molar-refractivity contribution in [3.8, 4) is 5.69 Å². The van der Waals surface area contributed by atoms with Crippen LogP contribution in [0.2, 0.25) is 10.0 Å². The molecular weight excluding hydrogens is 441 g/mol. The van der Waals surface area contributed by atoms with Gasteiger partial charge < -0.3 is 10.1 Å². The maximum Gasteiger partial charge on any atom is 0.331 e. The first-order valence-electron chi connectivity index (χ1n) is 9.22. The Morgan fingerprint density at radius 3 is 2.35 bits per heavy atom. The van der Waals surface area contributed by atoms with E-state index in [1.165, 1.54) is 10.8 Å². The number of ether oxygens (including phenoxy) is 1. The molecule has 1 heterocycles. The molecule has 31 heavy (non-hydrogen) atoms. The lowest BCUT2D eigenvalue weighted by Gasteiger charge is -2.07. The lowest BCUT2D eigenvalue weighted by molar-refractivity contribution is -0.142. The SMILES string of the molecule is Cc1c(NC(=O)COC(=O)/C=C/c2c(Cl)cccc2Cl)c(=O)n(-c2ccccc2)n1C. The zero-order chi connectivity index (χ0) is 22.5. The van der Waals surface area contributed by atoms with Crippen molar-refractivity contribution in [3.63, 3.8) is 0 Å². The third-order valence-corrected chi connectivity index (χ3v) is 5.21. The van der Waals surface area contributed by atoms with E-state index < -0.39 is 18.5 Å². The van der Waals surface area contributed by atoms with Gasteiger partial charge in [0.1, 0.15) is 5.69 Å². The summed E-state index contributed by atoms with van der Waals surface area (Å²) in [4.78, 5) is 37.0. The van der Waals surface area contributed by atoms with Crippen LogP contribution >= 0.6 is 23.2 Å². The van der Waals surface area contributed by atoms with Gasteiger partial charge in [0, 0.05) is 28.7 Å². The van der Waals surface area contributed by atoms with Crippen molar-refractivity contribution in [2.75, 3.05) is 11.9 Å². The molecule has 0 radical (unpaired) electrons. The Bertz CT molecular complexity index is 1190. The number of carbonyl (C=O) groups is 2. The number of anilines is 1. The fourth-order valence-corrected chi connectivity index (χ4v) is 3.42. The molecule has 0 saturated heterocycles. The van der Waals surface area contributed by atoms with Crippen LogP contribution < -0.4 is 10.9 Å². The molecule has 0 bridgehead atoms. The second-order valence-corrected chi connectivity index (χ2v) is 7.38. The van der Waals surface area contributed by atoms with Crippen molar-refractivity contribution in [2.24, 2.45) is 7.05 Å². The zero-order valence-electron chi connectivity index (χ0n) is 16.8. The molecule has 0 atom stereocenters. The molecule has 0 aliphatic rings. The monoisotopic (exact) mass is 459 g/mol. The first-order valence-corrected chi connectivity index (χ1v) is 9.98. The minimum Gasteiger partial charge on any atom is -0.452 e. The first-order chi connectivity index (χ1) is 14.8. The number of aromatic nitrogens is 2. The Morgan fingerprint density at radius 1 is 1.06 bits per heavy atom. The molecule has 1 aromatic heterocycles. The topological polar surface area (TPSA) is 82.3 Å². The van der Waals surface area contributed by atoms with Gasteiger partial charge in [-0.2, -0.15) is 0 Å². The summed E-state index contributed by atoms with van der Waals surface area (Å²) in [5.74, 6) is -1.39. The number of esters is 1. The molecule has 0 saturated carbocycles. The summed E-state index contributed by atoms with van der Waals surface area (Å²) in [5.41, 5.74) is 1.41. The van der Waals surface area contributed by atoms with E-state index in [0.29, 0.717) is 27.0 Å². The van der Waals surface area contributed by atoms with Crippen LogP contribution in [0.3, 0.4) is 0 Å². The molecule has 1 N–H and O–H groups in total. The molecule has 0 spiro atoms. The average Bonchev–Trinajstić information content (AvgIpc) is 2.95. The van der Waals surface area contributed by atoms with Crippen LogP contribution in [0.5, 0.6) is 0 Å². The van der Waals surface area contributed by atoms with Crippen LogP contribution in [-0.2, 0) is 21.4 Å². The molecule has 3 aromatic rings. The second-order valence-electron chi connectivity index (χ2n) is 6.56. The largest absolute Gasteiger partial charge is 0.452 e. The van der Waals surface area contributed by atoms with Gasteiger partial charge in [-0.15, -0.1) is 0 Å². The van der Waals surface area contributed by atoms with Crippen LogP contribution in [0.1, 0.15) is 11.3 Å². The summed E-state index contributed by atoms with van der Waals surface area (Å²) in [7, 11) is 1.71. The Hall–Kier alpha value is -3.29. The molecule has 0 aliphatic heterocycles. The number of carbonyl (C=O) groups excluding carboxylic acids is 2. The van der Waals surface area contributed by atoms with Crippen molar-refractivity contribution in [1.29, 1.82) is 0 Å². The number of halogens is 2. The molecular formula is C22H19Cl2N3O4. The first kappa shape index (κ1) is 22.4. The molecule has 1 amide bonds. The number of nitrogens with one attached hydrogen (secondary N) is 1. The lowest BCUT2D eigenvalue weighted by Crippen LogP contribution is -2.25. The molecule has 3 rings (SSSR count). The number of hydrogen-bond acceptors (Lipinski definition) is 4. The highest BCUT2D eigenvalue weighted by Gasteiger charge is 2.18. The summed E-state index contributed by atoms with van der Waals surface area (Å²) in [6.07, 6.45) is 2.53. The predicted octanol–water partition coefficient (Wildman–Crippen LogP) is 3.99. The molecule has 0 fully saturated rings. The third kappa shape index (κ3) is 5.07. The van der Waals surface area contributed by atoms with Crippen LogP contribution in [-0.4, -0.2) is 27.8 Å². The van der Waals surface area contributed by atoms with Gasteiger partial charge in [0.2, 0.25) is 0 Å². The Kier molecular flexibility index (Phi) is 6.99. The van der Waals surface area contributed by atoms with Crippen LogP contribution in [0.25, 0.3) is 11.8 Å². The van der Waals surface area contributed by atoms with Gasteiger partial charge in [0.15, 0.2) is 6.61 Å². The Labute approximate surface area is 188 Å². The molecule has 9 heteroatoms. The Balaban J connectivity index is 1.66. The molecule has 0 aliphatic carbocycles. The predicted molar refractivity (Wildman–Crippen MR) is 121 cm³/mol. The smallest absolute Gasteiger partial charge is 0.331 e. The highest BCUT2D eigenvalue weighted by Crippen LogP contribution is 2.25. The van der Waals surface area contributed by atoms with Crippen molar-refractivity contribution in [2.45, 2.75) is 6.92 Å². The van der Waals surface area contributed by atoms with E-state index in [4.69, 9.17) is 27.9 Å². The van der Waals surface area contributed by atoms with Gasteiger partial charge >= 0.3 is 5.97 Å². The van der Waals surface area contributed by atoms with E-state index in [2.05, 4.69) is 5.32 Å². The number of hydrogen-bond donors (Lipinski definition) is 1. The van der Waals surface area contributed by atoms with E-state index >= 15 is 0 Å². The summed E-state index contributed by atoms with van der Waals surface area (Å²) in [6, 6.07) is 14.0. The van der Waals surface area contributed by atoms with Gasteiger partial charge in [0.05, 0.1) is 11.4 Å². The van der Waals surface area contributed by atoms with E-state index in [-0.39, 0.29) is 11.2 Å². The molecule has 160 valence electrons. The van der Waals surface area contributed by atoms with Crippen molar-refractivity contribution in [1.82, 2.24) is 9.36 Å². The molecule has 2 aromatic carbocycles. The number of amides is 1. The number of nitrogens with zero attached hydrogens (tertiary/aromatic N) is 2. The normalized spacial score (nSPS) is 11.0. The molecule has 0 unspecified atom stereocenters. The number of para-hydroxylation sites is 1. The molecule has 7 nitrogen and oxygen atoms in total. The highest BCUT2D eigenvalue weighted by molar-refractivity contribution is 6.37. The minimum absolute atomic E-state index is 0.116. The van der Waals surface area contributed by atoms with Crippen LogP contribution in [0.15, 0.2) is 59.4 Å². The summed E-state index contributed by atoms with van der Waals surface area (Å²) < 4.78 is 8.01. The van der Waals surface area contributed by atoms with Crippen LogP contribution in [0.4, 0.5) is 5.69 Å². The number of benzene rings is 2. The van der Waals surface area contributed by atoms with Crippen molar-refractivity contribution in [3.05, 3.63) is 86.3 Å². The summed E-state index contributed by atoms with van der Waals surface area (Å²) in [6.45, 7) is 1.15. The zero-order valence-corrected chi connectivity index (χ0v) is 18.3. The third-order valence-electron chi connectivity index (χ3n) is 4.55. The fraction of sp³-hybridized carbons (Fsp3) is 0.136. The maximum absolute atomic E-state index is 12.8. The van der Waals surface area contributed by atoms with Gasteiger partial charge in [-0.25, -0.2) is 9.48 Å². The fourth-order valence-electron chi connectivity index (χ4n) is 2.89. The van der Waals surface area contributed by atoms with Gasteiger partial charge in [-0.1, -0.05) is 47.5 Å². The van der Waals surface area contributed by atoms with Crippen molar-refractivity contribution >= 4 is 46.8 Å². The van der Waals surface area contributed by atoms with E-state index in [1.807, 2.05) is 18.2 Å². The maximum atomic E-state index is 12.8. The summed E-state index contributed by atoms with van der Waals surface area (Å²) in [5, 5.41) is 3.28. The van der Waals surface area contributed by atoms with E-state index in [0.717, 1.165) is 6.08 Å². The van der Waals surface area contributed by atoms with Crippen LogP contribution in [0, 0.1) is 6.92 Å². The van der Waals surface area contributed by atoms with Crippen molar-refractivity contribution < 1.29 is 14.3 Å². The summed E-state index contributed by atoms with van der Waals surface area (Å²) >= 11 is 12.1. The van der Waals surface area contributed by atoms with Gasteiger partial charge in [-0.3, -0.25) is 14.3 Å². The van der Waals surface area contributed by atoms with E-state index in [1.54, 1.807) is 49.0 Å². The lowest BCUT2D eigenvalue weighted by atomic mass is 10.2. The van der Waals surface area contributed by atoms with Gasteiger partial charge in [-0.05, 0) is 37.3 Å².